The van der Waals surface area contributed by atoms with Crippen LogP contribution >= 0.6 is 11.5 Å². The molecule has 1 saturated heterocycles. The minimum absolute atomic E-state index is 0.243. The number of nitrogens with two attached hydrogens (primary N) is 1. The van der Waals surface area contributed by atoms with Crippen LogP contribution in [0.5, 0.6) is 0 Å². The first-order chi connectivity index (χ1) is 9.65. The molecule has 2 heterocycles. The Balaban J connectivity index is 1.96. The Labute approximate surface area is 123 Å². The predicted octanol–water partition coefficient (Wildman–Crippen LogP) is 1.80. The first kappa shape index (κ1) is 15.1. The Bertz CT molecular complexity index is 455. The molecule has 0 saturated carbocycles. The van der Waals surface area contributed by atoms with E-state index in [1.165, 1.54) is 25.1 Å². The number of piperidine rings is 1. The lowest BCUT2D eigenvalue weighted by Crippen LogP contribution is -2.39. The molecule has 0 bridgehead atoms. The molecule has 0 aliphatic carbocycles. The van der Waals surface area contributed by atoms with E-state index in [9.17, 15) is 4.79 Å². The zero-order chi connectivity index (χ0) is 14.5. The standard InChI is InChI=1S/C13H22N4O2S/c1-3-6-17-7-4-9(5-8-17)15-12-10(13(18)19-2)11(14)16-20-12/h9,15H,3-8H2,1-2H3,(H2,14,16). The summed E-state index contributed by atoms with van der Waals surface area (Å²) in [5, 5.41) is 4.12. The summed E-state index contributed by atoms with van der Waals surface area (Å²) < 4.78 is 8.79. The van der Waals surface area contributed by atoms with Gasteiger partial charge < -0.3 is 20.7 Å². The van der Waals surface area contributed by atoms with Crippen molar-refractivity contribution in [1.29, 1.82) is 0 Å². The number of nitrogens with one attached hydrogen (secondary N) is 1. The van der Waals surface area contributed by atoms with Crippen molar-refractivity contribution in [3.8, 4) is 0 Å². The summed E-state index contributed by atoms with van der Waals surface area (Å²) in [5.74, 6) is -0.185. The van der Waals surface area contributed by atoms with Crippen molar-refractivity contribution >= 4 is 28.3 Å². The monoisotopic (exact) mass is 298 g/mol. The molecule has 0 spiro atoms. The van der Waals surface area contributed by atoms with E-state index in [1.54, 1.807) is 0 Å². The van der Waals surface area contributed by atoms with Gasteiger partial charge >= 0.3 is 5.97 Å². The van der Waals surface area contributed by atoms with E-state index in [0.29, 0.717) is 11.6 Å². The smallest absolute Gasteiger partial charge is 0.344 e. The molecule has 3 N–H and O–H groups in total. The molecule has 1 aliphatic heterocycles. The van der Waals surface area contributed by atoms with E-state index in [2.05, 4.69) is 21.5 Å². The van der Waals surface area contributed by atoms with Gasteiger partial charge in [-0.05, 0) is 37.3 Å². The zero-order valence-electron chi connectivity index (χ0n) is 12.0. The minimum atomic E-state index is -0.429. The number of nitrogen functional groups attached to an aromatic ring is 1. The summed E-state index contributed by atoms with van der Waals surface area (Å²) in [6.07, 6.45) is 3.33. The molecule has 0 unspecified atom stereocenters. The predicted molar refractivity (Wildman–Crippen MR) is 81.2 cm³/mol. The van der Waals surface area contributed by atoms with Gasteiger partial charge in [-0.1, -0.05) is 6.92 Å². The van der Waals surface area contributed by atoms with Gasteiger partial charge in [0.2, 0.25) is 0 Å². The number of hydrogen-bond donors (Lipinski definition) is 2. The van der Waals surface area contributed by atoms with Gasteiger partial charge in [0.15, 0.2) is 5.82 Å². The van der Waals surface area contributed by atoms with E-state index in [1.807, 2.05) is 0 Å². The molecule has 1 aromatic heterocycles. The van der Waals surface area contributed by atoms with Crippen LogP contribution in [0.15, 0.2) is 0 Å². The average Bonchev–Trinajstić information content (AvgIpc) is 2.81. The summed E-state index contributed by atoms with van der Waals surface area (Å²) >= 11 is 1.22. The second kappa shape index (κ2) is 6.90. The maximum atomic E-state index is 11.7. The SMILES string of the molecule is CCCN1CCC(Nc2snc(N)c2C(=O)OC)CC1. The summed E-state index contributed by atoms with van der Waals surface area (Å²) in [6, 6.07) is 0.367. The number of methoxy groups -OCH3 is 1. The Hall–Kier alpha value is -1.34. The van der Waals surface area contributed by atoms with E-state index in [0.717, 1.165) is 37.5 Å². The highest BCUT2D eigenvalue weighted by Crippen LogP contribution is 2.29. The summed E-state index contributed by atoms with van der Waals surface area (Å²) in [7, 11) is 1.35. The number of likely N-dealkylation sites (tertiary alicyclic amines) is 1. The highest BCUT2D eigenvalue weighted by molar-refractivity contribution is 7.11. The fourth-order valence-electron chi connectivity index (χ4n) is 2.50. The lowest BCUT2D eigenvalue weighted by molar-refractivity contribution is 0.0603. The molecule has 0 radical (unpaired) electrons. The van der Waals surface area contributed by atoms with E-state index in [4.69, 9.17) is 10.5 Å². The van der Waals surface area contributed by atoms with Gasteiger partial charge in [0, 0.05) is 19.1 Å². The number of anilines is 2. The number of ether oxygens (including phenoxy) is 1. The van der Waals surface area contributed by atoms with Crippen molar-refractivity contribution in [1.82, 2.24) is 9.27 Å². The van der Waals surface area contributed by atoms with Crippen LogP contribution in [0.25, 0.3) is 0 Å². The largest absolute Gasteiger partial charge is 0.465 e. The molecular weight excluding hydrogens is 276 g/mol. The van der Waals surface area contributed by atoms with Crippen molar-refractivity contribution in [3.63, 3.8) is 0 Å². The van der Waals surface area contributed by atoms with Crippen LogP contribution in [0.2, 0.25) is 0 Å². The van der Waals surface area contributed by atoms with Gasteiger partial charge in [0.25, 0.3) is 0 Å². The molecule has 0 amide bonds. The second-order valence-corrected chi connectivity index (χ2v) is 5.80. The Kier molecular flexibility index (Phi) is 5.19. The van der Waals surface area contributed by atoms with Crippen LogP contribution in [0, 0.1) is 0 Å². The van der Waals surface area contributed by atoms with Gasteiger partial charge in [0.1, 0.15) is 10.6 Å². The number of aromatic nitrogens is 1. The molecule has 0 aromatic carbocycles. The van der Waals surface area contributed by atoms with Crippen molar-refractivity contribution in [2.45, 2.75) is 32.2 Å². The molecule has 1 aliphatic rings. The van der Waals surface area contributed by atoms with Crippen molar-refractivity contribution < 1.29 is 9.53 Å². The van der Waals surface area contributed by atoms with E-state index >= 15 is 0 Å². The average molecular weight is 298 g/mol. The fourth-order valence-corrected chi connectivity index (χ4v) is 3.28. The van der Waals surface area contributed by atoms with Crippen molar-refractivity contribution in [3.05, 3.63) is 5.56 Å². The van der Waals surface area contributed by atoms with Crippen LogP contribution in [-0.2, 0) is 4.74 Å². The second-order valence-electron chi connectivity index (χ2n) is 5.02. The Morgan fingerprint density at radius 1 is 1.55 bits per heavy atom. The number of carbonyl (C=O) groups excluding carboxylic acids is 1. The highest BCUT2D eigenvalue weighted by atomic mass is 32.1. The molecule has 0 atom stereocenters. The Morgan fingerprint density at radius 3 is 2.85 bits per heavy atom. The highest BCUT2D eigenvalue weighted by Gasteiger charge is 2.24. The van der Waals surface area contributed by atoms with Gasteiger partial charge in [0.05, 0.1) is 7.11 Å². The molecule has 20 heavy (non-hydrogen) atoms. The number of rotatable bonds is 5. The topological polar surface area (TPSA) is 80.5 Å². The maximum absolute atomic E-state index is 11.7. The molecule has 112 valence electrons. The zero-order valence-corrected chi connectivity index (χ0v) is 12.8. The van der Waals surface area contributed by atoms with Crippen molar-refractivity contribution in [2.24, 2.45) is 0 Å². The van der Waals surface area contributed by atoms with Crippen LogP contribution in [-0.4, -0.2) is 48.0 Å². The number of esters is 1. The van der Waals surface area contributed by atoms with Gasteiger partial charge in [-0.25, -0.2) is 4.79 Å². The van der Waals surface area contributed by atoms with Crippen LogP contribution in [0.1, 0.15) is 36.5 Å². The lowest BCUT2D eigenvalue weighted by atomic mass is 10.0. The Morgan fingerprint density at radius 2 is 2.25 bits per heavy atom. The van der Waals surface area contributed by atoms with Crippen LogP contribution in [0.4, 0.5) is 10.8 Å². The van der Waals surface area contributed by atoms with Gasteiger partial charge in [-0.2, -0.15) is 4.37 Å². The van der Waals surface area contributed by atoms with Crippen LogP contribution < -0.4 is 11.1 Å². The van der Waals surface area contributed by atoms with E-state index < -0.39 is 5.97 Å². The maximum Gasteiger partial charge on any atom is 0.344 e. The normalized spacial score (nSPS) is 17.1. The third kappa shape index (κ3) is 3.40. The number of carbonyl (C=O) groups is 1. The molecule has 7 heteroatoms. The lowest BCUT2D eigenvalue weighted by Gasteiger charge is -2.32. The third-order valence-corrected chi connectivity index (χ3v) is 4.36. The van der Waals surface area contributed by atoms with Gasteiger partial charge in [-0.3, -0.25) is 0 Å². The summed E-state index contributed by atoms with van der Waals surface area (Å²) in [4.78, 5) is 14.2. The molecule has 1 aromatic rings. The first-order valence-corrected chi connectivity index (χ1v) is 7.75. The molecule has 2 rings (SSSR count). The molecule has 1 fully saturated rings. The van der Waals surface area contributed by atoms with Crippen molar-refractivity contribution in [2.75, 3.05) is 37.8 Å². The number of hydrogen-bond acceptors (Lipinski definition) is 7. The quantitative estimate of drug-likeness (QED) is 0.807. The minimum Gasteiger partial charge on any atom is -0.465 e. The fraction of sp³-hybridized carbons (Fsp3) is 0.692. The third-order valence-electron chi connectivity index (χ3n) is 3.57. The van der Waals surface area contributed by atoms with Crippen LogP contribution in [0.3, 0.4) is 0 Å². The van der Waals surface area contributed by atoms with Gasteiger partial charge in [-0.15, -0.1) is 0 Å². The molecular formula is C13H22N4O2S. The van der Waals surface area contributed by atoms with E-state index in [-0.39, 0.29) is 5.82 Å². The molecule has 6 nitrogen and oxygen atoms in total. The number of nitrogens with zero attached hydrogens (tertiary/aromatic N) is 2. The summed E-state index contributed by atoms with van der Waals surface area (Å²) in [6.45, 7) is 5.54. The summed E-state index contributed by atoms with van der Waals surface area (Å²) in [5.41, 5.74) is 6.10. The first-order valence-electron chi connectivity index (χ1n) is 6.98.